The van der Waals surface area contributed by atoms with Gasteiger partial charge in [0.25, 0.3) is 0 Å². The third-order valence-corrected chi connectivity index (χ3v) is 3.83. The number of rotatable bonds is 5. The van der Waals surface area contributed by atoms with Crippen molar-refractivity contribution in [3.63, 3.8) is 0 Å². The summed E-state index contributed by atoms with van der Waals surface area (Å²) in [7, 11) is -0.733. The summed E-state index contributed by atoms with van der Waals surface area (Å²) in [5.41, 5.74) is -0.508. The SMILES string of the molecule is CS(=O)CCNCC1(O)CCCCCC1. The monoisotopic (exact) mass is 233 g/mol. The molecule has 0 aromatic rings. The van der Waals surface area contributed by atoms with Gasteiger partial charge >= 0.3 is 0 Å². The third kappa shape index (κ3) is 5.64. The Bertz CT molecular complexity index is 201. The summed E-state index contributed by atoms with van der Waals surface area (Å²) < 4.78 is 10.8. The summed E-state index contributed by atoms with van der Waals surface area (Å²) in [5.74, 6) is 0.677. The van der Waals surface area contributed by atoms with Crippen molar-refractivity contribution in [2.24, 2.45) is 0 Å². The standard InChI is InChI=1S/C11H23NO2S/c1-15(14)9-8-12-10-11(13)6-4-2-3-5-7-11/h12-13H,2-10H2,1H3. The van der Waals surface area contributed by atoms with Crippen molar-refractivity contribution in [3.8, 4) is 0 Å². The fourth-order valence-corrected chi connectivity index (χ4v) is 2.53. The molecule has 0 spiro atoms. The Labute approximate surface area is 95.1 Å². The van der Waals surface area contributed by atoms with E-state index >= 15 is 0 Å². The van der Waals surface area contributed by atoms with Gasteiger partial charge in [0.2, 0.25) is 0 Å². The number of aliphatic hydroxyl groups is 1. The van der Waals surface area contributed by atoms with Crippen LogP contribution in [0.4, 0.5) is 0 Å². The Morgan fingerprint density at radius 3 is 2.40 bits per heavy atom. The van der Waals surface area contributed by atoms with Crippen LogP contribution in [-0.4, -0.2) is 40.0 Å². The molecule has 4 heteroatoms. The minimum atomic E-state index is -0.733. The van der Waals surface area contributed by atoms with Crippen molar-refractivity contribution >= 4 is 10.8 Å². The molecule has 1 atom stereocenters. The molecule has 0 aliphatic heterocycles. The molecule has 1 rings (SSSR count). The summed E-state index contributed by atoms with van der Waals surface area (Å²) in [5, 5.41) is 13.5. The van der Waals surface area contributed by atoms with Gasteiger partial charge in [-0.3, -0.25) is 4.21 Å². The lowest BCUT2D eigenvalue weighted by Crippen LogP contribution is -2.41. The highest BCUT2D eigenvalue weighted by Crippen LogP contribution is 2.26. The number of nitrogens with one attached hydrogen (secondary N) is 1. The van der Waals surface area contributed by atoms with Gasteiger partial charge in [0.15, 0.2) is 0 Å². The van der Waals surface area contributed by atoms with Crippen LogP contribution in [0.1, 0.15) is 38.5 Å². The molecule has 0 aromatic heterocycles. The second-order valence-corrected chi connectivity index (χ2v) is 6.15. The molecule has 0 bridgehead atoms. The van der Waals surface area contributed by atoms with Gasteiger partial charge in [0, 0.05) is 35.9 Å². The van der Waals surface area contributed by atoms with Crippen LogP contribution in [0.3, 0.4) is 0 Å². The largest absolute Gasteiger partial charge is 0.389 e. The normalized spacial score (nSPS) is 23.3. The molecule has 15 heavy (non-hydrogen) atoms. The fourth-order valence-electron chi connectivity index (χ4n) is 2.10. The van der Waals surface area contributed by atoms with E-state index < -0.39 is 16.4 Å². The first-order valence-electron chi connectivity index (χ1n) is 5.85. The zero-order valence-electron chi connectivity index (χ0n) is 9.63. The van der Waals surface area contributed by atoms with Crippen LogP contribution in [0, 0.1) is 0 Å². The molecule has 0 radical (unpaired) electrons. The van der Waals surface area contributed by atoms with Gasteiger partial charge in [-0.05, 0) is 12.8 Å². The lowest BCUT2D eigenvalue weighted by molar-refractivity contribution is 0.0259. The van der Waals surface area contributed by atoms with E-state index in [0.29, 0.717) is 12.3 Å². The van der Waals surface area contributed by atoms with Crippen LogP contribution >= 0.6 is 0 Å². The summed E-state index contributed by atoms with van der Waals surface area (Å²) in [6.07, 6.45) is 8.31. The van der Waals surface area contributed by atoms with Crippen molar-refractivity contribution in [1.82, 2.24) is 5.32 Å². The molecule has 1 saturated carbocycles. The average molecular weight is 233 g/mol. The molecule has 1 fully saturated rings. The average Bonchev–Trinajstić information content (AvgIpc) is 2.38. The van der Waals surface area contributed by atoms with Crippen molar-refractivity contribution in [2.75, 3.05) is 25.1 Å². The van der Waals surface area contributed by atoms with Gasteiger partial charge in [0.05, 0.1) is 5.60 Å². The first-order valence-corrected chi connectivity index (χ1v) is 7.58. The van der Waals surface area contributed by atoms with Crippen molar-refractivity contribution in [3.05, 3.63) is 0 Å². The van der Waals surface area contributed by atoms with Crippen molar-refractivity contribution in [2.45, 2.75) is 44.1 Å². The van der Waals surface area contributed by atoms with E-state index in [-0.39, 0.29) is 0 Å². The summed E-state index contributed by atoms with van der Waals surface area (Å²) in [4.78, 5) is 0. The van der Waals surface area contributed by atoms with Gasteiger partial charge in [-0.15, -0.1) is 0 Å². The quantitative estimate of drug-likeness (QED) is 0.551. The molecule has 1 aliphatic rings. The fraction of sp³-hybridized carbons (Fsp3) is 1.00. The predicted molar refractivity (Wildman–Crippen MR) is 64.5 cm³/mol. The van der Waals surface area contributed by atoms with Gasteiger partial charge in [-0.1, -0.05) is 25.7 Å². The summed E-state index contributed by atoms with van der Waals surface area (Å²) in [6, 6.07) is 0. The molecule has 2 N–H and O–H groups in total. The molecule has 3 nitrogen and oxygen atoms in total. The zero-order valence-corrected chi connectivity index (χ0v) is 10.4. The molecule has 1 aliphatic carbocycles. The van der Waals surface area contributed by atoms with Crippen molar-refractivity contribution < 1.29 is 9.32 Å². The van der Waals surface area contributed by atoms with Crippen LogP contribution in [0.2, 0.25) is 0 Å². The first kappa shape index (κ1) is 13.1. The van der Waals surface area contributed by atoms with E-state index in [1.807, 2.05) is 0 Å². The van der Waals surface area contributed by atoms with Crippen LogP contribution < -0.4 is 5.32 Å². The molecule has 90 valence electrons. The van der Waals surface area contributed by atoms with E-state index in [9.17, 15) is 9.32 Å². The van der Waals surface area contributed by atoms with Crippen LogP contribution in [0.5, 0.6) is 0 Å². The zero-order chi connectivity index (χ0) is 11.1. The van der Waals surface area contributed by atoms with Crippen LogP contribution in [0.25, 0.3) is 0 Å². The minimum Gasteiger partial charge on any atom is -0.389 e. The Hall–Kier alpha value is 0.0700. The summed E-state index contributed by atoms with van der Waals surface area (Å²) >= 11 is 0. The second-order valence-electron chi connectivity index (χ2n) is 4.59. The molecule has 0 aromatic carbocycles. The maximum atomic E-state index is 10.8. The molecule has 0 saturated heterocycles. The Morgan fingerprint density at radius 2 is 1.87 bits per heavy atom. The minimum absolute atomic E-state index is 0.508. The van der Waals surface area contributed by atoms with Crippen LogP contribution in [-0.2, 0) is 10.8 Å². The van der Waals surface area contributed by atoms with E-state index in [2.05, 4.69) is 5.32 Å². The highest BCUT2D eigenvalue weighted by Gasteiger charge is 2.27. The van der Waals surface area contributed by atoms with E-state index in [0.717, 1.165) is 32.2 Å². The topological polar surface area (TPSA) is 49.3 Å². The smallest absolute Gasteiger partial charge is 0.0771 e. The molecular weight excluding hydrogens is 210 g/mol. The second kappa shape index (κ2) is 6.61. The molecule has 0 amide bonds. The number of hydrogen-bond donors (Lipinski definition) is 2. The summed E-state index contributed by atoms with van der Waals surface area (Å²) in [6.45, 7) is 1.40. The first-order chi connectivity index (χ1) is 7.12. The van der Waals surface area contributed by atoms with Gasteiger partial charge < -0.3 is 10.4 Å². The Morgan fingerprint density at radius 1 is 1.27 bits per heavy atom. The van der Waals surface area contributed by atoms with Crippen molar-refractivity contribution in [1.29, 1.82) is 0 Å². The van der Waals surface area contributed by atoms with E-state index in [4.69, 9.17) is 0 Å². The molecule has 0 heterocycles. The van der Waals surface area contributed by atoms with E-state index in [1.165, 1.54) is 12.8 Å². The van der Waals surface area contributed by atoms with Gasteiger partial charge in [-0.2, -0.15) is 0 Å². The highest BCUT2D eigenvalue weighted by atomic mass is 32.2. The number of hydrogen-bond acceptors (Lipinski definition) is 3. The predicted octanol–water partition coefficient (Wildman–Crippen LogP) is 1.04. The Kier molecular flexibility index (Phi) is 5.79. The van der Waals surface area contributed by atoms with Gasteiger partial charge in [-0.25, -0.2) is 0 Å². The third-order valence-electron chi connectivity index (χ3n) is 3.05. The Balaban J connectivity index is 2.19. The van der Waals surface area contributed by atoms with Gasteiger partial charge in [0.1, 0.15) is 0 Å². The van der Waals surface area contributed by atoms with E-state index in [1.54, 1.807) is 6.26 Å². The molecular formula is C11H23NO2S. The molecule has 1 unspecified atom stereocenters. The maximum absolute atomic E-state index is 10.8. The lowest BCUT2D eigenvalue weighted by Gasteiger charge is -2.26. The lowest BCUT2D eigenvalue weighted by atomic mass is 9.94. The highest BCUT2D eigenvalue weighted by molar-refractivity contribution is 7.84. The van der Waals surface area contributed by atoms with Crippen LogP contribution in [0.15, 0.2) is 0 Å². The maximum Gasteiger partial charge on any atom is 0.0771 e.